The van der Waals surface area contributed by atoms with Crippen LogP contribution in [0.3, 0.4) is 0 Å². The number of piperazine rings is 1. The fraction of sp³-hybridized carbons (Fsp3) is 0.750. The lowest BCUT2D eigenvalue weighted by molar-refractivity contribution is 0.341. The molecule has 10 heavy (non-hydrogen) atoms. The Balaban J connectivity index is 2.25. The molecule has 0 radical (unpaired) electrons. The summed E-state index contributed by atoms with van der Waals surface area (Å²) in [5, 5.41) is 3.28. The largest absolute Gasteiger partial charge is 0.330 e. The van der Waals surface area contributed by atoms with Gasteiger partial charge in [-0.25, -0.2) is 0 Å². The van der Waals surface area contributed by atoms with Crippen LogP contribution in [0.1, 0.15) is 13.3 Å². The lowest BCUT2D eigenvalue weighted by Crippen LogP contribution is -2.40. The first-order valence-electron chi connectivity index (χ1n) is 3.87. The Bertz CT molecular complexity index is 137. The maximum absolute atomic E-state index is 3.28. The van der Waals surface area contributed by atoms with Gasteiger partial charge in [0, 0.05) is 38.6 Å². The molecule has 0 aromatic carbocycles. The van der Waals surface area contributed by atoms with E-state index in [9.17, 15) is 0 Å². The van der Waals surface area contributed by atoms with Crippen LogP contribution in [0.15, 0.2) is 0 Å². The summed E-state index contributed by atoms with van der Waals surface area (Å²) in [6.07, 6.45) is 0.962. The van der Waals surface area contributed by atoms with Gasteiger partial charge in [-0.2, -0.15) is 0 Å². The molecule has 1 aliphatic heterocycles. The number of rotatable bonds is 0. The number of nitrogens with one attached hydrogen (secondary N) is 1. The van der Waals surface area contributed by atoms with E-state index < -0.39 is 0 Å². The Morgan fingerprint density at radius 1 is 1.40 bits per heavy atom. The molecule has 0 bridgehead atoms. The summed E-state index contributed by atoms with van der Waals surface area (Å²) >= 11 is 0. The standard InChI is InChI=1S/C8H14N2/c1-2-3-6-10-7-4-9-5-8-10/h9H,2,4-5,7-8H2,1H3. The Morgan fingerprint density at radius 2 is 2.10 bits per heavy atom. The summed E-state index contributed by atoms with van der Waals surface area (Å²) in [5.41, 5.74) is 0. The van der Waals surface area contributed by atoms with Crippen molar-refractivity contribution in [3.63, 3.8) is 0 Å². The van der Waals surface area contributed by atoms with Gasteiger partial charge in [0.05, 0.1) is 0 Å². The van der Waals surface area contributed by atoms with Gasteiger partial charge < -0.3 is 10.2 Å². The van der Waals surface area contributed by atoms with Gasteiger partial charge in [0.25, 0.3) is 0 Å². The van der Waals surface area contributed by atoms with Crippen LogP contribution >= 0.6 is 0 Å². The van der Waals surface area contributed by atoms with Gasteiger partial charge in [0.1, 0.15) is 0 Å². The van der Waals surface area contributed by atoms with E-state index in [0.29, 0.717) is 0 Å². The van der Waals surface area contributed by atoms with Crippen molar-refractivity contribution in [2.24, 2.45) is 0 Å². The summed E-state index contributed by atoms with van der Waals surface area (Å²) in [5.74, 6) is 3.07. The van der Waals surface area contributed by atoms with Gasteiger partial charge in [-0.3, -0.25) is 0 Å². The molecule has 2 nitrogen and oxygen atoms in total. The average Bonchev–Trinajstić information content (AvgIpc) is 2.03. The molecule has 0 unspecified atom stereocenters. The Kier molecular flexibility index (Phi) is 3.11. The van der Waals surface area contributed by atoms with E-state index in [1.807, 2.05) is 0 Å². The molecular formula is C8H14N2. The molecule has 0 amide bonds. The highest BCUT2D eigenvalue weighted by Crippen LogP contribution is 1.87. The molecule has 1 saturated heterocycles. The molecule has 1 aliphatic rings. The fourth-order valence-electron chi connectivity index (χ4n) is 0.967. The highest BCUT2D eigenvalue weighted by molar-refractivity contribution is 4.98. The Morgan fingerprint density at radius 3 is 2.70 bits per heavy atom. The van der Waals surface area contributed by atoms with Gasteiger partial charge in [0.15, 0.2) is 0 Å². The van der Waals surface area contributed by atoms with Crippen LogP contribution in [-0.2, 0) is 0 Å². The van der Waals surface area contributed by atoms with Crippen LogP contribution in [0.5, 0.6) is 0 Å². The monoisotopic (exact) mass is 138 g/mol. The Labute approximate surface area is 62.6 Å². The molecule has 1 N–H and O–H groups in total. The quantitative estimate of drug-likeness (QED) is 0.483. The molecule has 56 valence electrons. The average molecular weight is 138 g/mol. The van der Waals surface area contributed by atoms with Crippen molar-refractivity contribution < 1.29 is 0 Å². The van der Waals surface area contributed by atoms with Crippen LogP contribution < -0.4 is 5.32 Å². The van der Waals surface area contributed by atoms with Crippen molar-refractivity contribution in [2.75, 3.05) is 26.2 Å². The fourth-order valence-corrected chi connectivity index (χ4v) is 0.967. The van der Waals surface area contributed by atoms with E-state index in [2.05, 4.69) is 29.1 Å². The number of hydrogen-bond acceptors (Lipinski definition) is 2. The smallest absolute Gasteiger partial charge is 0.0386 e. The van der Waals surface area contributed by atoms with E-state index in [-0.39, 0.29) is 0 Å². The topological polar surface area (TPSA) is 15.3 Å². The van der Waals surface area contributed by atoms with Crippen molar-refractivity contribution in [3.05, 3.63) is 0 Å². The lowest BCUT2D eigenvalue weighted by Gasteiger charge is -2.22. The third-order valence-electron chi connectivity index (χ3n) is 1.53. The molecule has 0 aromatic heterocycles. The van der Waals surface area contributed by atoms with E-state index >= 15 is 0 Å². The van der Waals surface area contributed by atoms with Crippen LogP contribution in [0.25, 0.3) is 0 Å². The van der Waals surface area contributed by atoms with Gasteiger partial charge >= 0.3 is 0 Å². The number of hydrogen-bond donors (Lipinski definition) is 1. The zero-order valence-corrected chi connectivity index (χ0v) is 6.48. The van der Waals surface area contributed by atoms with Crippen LogP contribution in [0, 0.1) is 12.0 Å². The minimum absolute atomic E-state index is 0.962. The number of nitrogens with zero attached hydrogens (tertiary/aromatic N) is 1. The van der Waals surface area contributed by atoms with Crippen LogP contribution in [0.4, 0.5) is 0 Å². The molecule has 1 rings (SSSR count). The zero-order valence-electron chi connectivity index (χ0n) is 6.48. The molecule has 1 heterocycles. The predicted molar refractivity (Wildman–Crippen MR) is 42.5 cm³/mol. The summed E-state index contributed by atoms with van der Waals surface area (Å²) < 4.78 is 0. The van der Waals surface area contributed by atoms with E-state index in [4.69, 9.17) is 0 Å². The minimum Gasteiger partial charge on any atom is -0.330 e. The minimum atomic E-state index is 0.962. The Hall–Kier alpha value is -0.680. The highest BCUT2D eigenvalue weighted by atomic mass is 15.2. The molecule has 0 aromatic rings. The normalized spacial score (nSPS) is 17.9. The second kappa shape index (κ2) is 4.19. The summed E-state index contributed by atoms with van der Waals surface area (Å²) in [4.78, 5) is 2.18. The van der Waals surface area contributed by atoms with Gasteiger partial charge in [0.2, 0.25) is 0 Å². The molecule has 0 atom stereocenters. The van der Waals surface area contributed by atoms with Gasteiger partial charge in [-0.15, -0.1) is 0 Å². The first-order valence-corrected chi connectivity index (χ1v) is 3.87. The summed E-state index contributed by atoms with van der Waals surface area (Å²) in [7, 11) is 0. The molecule has 2 heteroatoms. The SMILES string of the molecule is CCC#CN1CCNCC1. The molecule has 1 fully saturated rings. The first-order chi connectivity index (χ1) is 4.93. The lowest BCUT2D eigenvalue weighted by atomic mass is 10.4. The summed E-state index contributed by atoms with van der Waals surface area (Å²) in [6, 6.07) is 3.11. The predicted octanol–water partition coefficient (Wildman–Crippen LogP) is 0.263. The molecule has 0 spiro atoms. The van der Waals surface area contributed by atoms with E-state index in [1.54, 1.807) is 0 Å². The highest BCUT2D eigenvalue weighted by Gasteiger charge is 2.03. The van der Waals surface area contributed by atoms with Crippen LogP contribution in [-0.4, -0.2) is 31.1 Å². The van der Waals surface area contributed by atoms with Gasteiger partial charge in [-0.05, 0) is 0 Å². The second-order valence-corrected chi connectivity index (χ2v) is 2.38. The third-order valence-corrected chi connectivity index (χ3v) is 1.53. The van der Waals surface area contributed by atoms with Crippen molar-refractivity contribution in [2.45, 2.75) is 13.3 Å². The van der Waals surface area contributed by atoms with Crippen molar-refractivity contribution in [1.29, 1.82) is 0 Å². The van der Waals surface area contributed by atoms with Crippen molar-refractivity contribution in [3.8, 4) is 12.0 Å². The van der Waals surface area contributed by atoms with Crippen molar-refractivity contribution >= 4 is 0 Å². The zero-order chi connectivity index (χ0) is 7.23. The first kappa shape index (κ1) is 7.43. The van der Waals surface area contributed by atoms with E-state index in [1.165, 1.54) is 0 Å². The second-order valence-electron chi connectivity index (χ2n) is 2.38. The van der Waals surface area contributed by atoms with Crippen molar-refractivity contribution in [1.82, 2.24) is 10.2 Å². The van der Waals surface area contributed by atoms with Crippen LogP contribution in [0.2, 0.25) is 0 Å². The molecule has 0 saturated carbocycles. The molecular weight excluding hydrogens is 124 g/mol. The van der Waals surface area contributed by atoms with Gasteiger partial charge in [-0.1, -0.05) is 12.8 Å². The molecule has 0 aliphatic carbocycles. The summed E-state index contributed by atoms with van der Waals surface area (Å²) in [6.45, 7) is 6.39. The maximum Gasteiger partial charge on any atom is 0.0386 e. The maximum atomic E-state index is 3.28. The third kappa shape index (κ3) is 2.28. The van der Waals surface area contributed by atoms with E-state index in [0.717, 1.165) is 32.6 Å².